The van der Waals surface area contributed by atoms with Gasteiger partial charge < -0.3 is 10.6 Å². The lowest BCUT2D eigenvalue weighted by Crippen LogP contribution is -2.07. The predicted molar refractivity (Wildman–Crippen MR) is 89.6 cm³/mol. The van der Waals surface area contributed by atoms with Crippen molar-refractivity contribution in [3.05, 3.63) is 40.0 Å². The fourth-order valence-corrected chi connectivity index (χ4v) is 2.51. The van der Waals surface area contributed by atoms with Crippen molar-refractivity contribution < 1.29 is 0 Å². The van der Waals surface area contributed by atoms with Crippen molar-refractivity contribution in [1.29, 1.82) is 0 Å². The molecule has 0 saturated heterocycles. The number of hydrogen-bond donors (Lipinski definition) is 2. The molecule has 2 aromatic rings. The van der Waals surface area contributed by atoms with Gasteiger partial charge in [-0.05, 0) is 30.9 Å². The molecule has 1 aromatic heterocycles. The van der Waals surface area contributed by atoms with Gasteiger partial charge in [-0.15, -0.1) is 0 Å². The number of hydrogen-bond acceptors (Lipinski definition) is 5. The van der Waals surface area contributed by atoms with Crippen molar-refractivity contribution in [3.8, 4) is 0 Å². The lowest BCUT2D eigenvalue weighted by atomic mass is 10.2. The van der Waals surface area contributed by atoms with Crippen LogP contribution in [0.3, 0.4) is 0 Å². The SMILES string of the molecule is CNc1nc(SC)ncc1CNc1cc(Br)ccc1C. The molecule has 0 spiro atoms. The minimum Gasteiger partial charge on any atom is -0.381 e. The zero-order valence-electron chi connectivity index (χ0n) is 11.7. The number of aromatic nitrogens is 2. The molecular formula is C14H17BrN4S. The van der Waals surface area contributed by atoms with Crippen LogP contribution in [0.4, 0.5) is 11.5 Å². The third-order valence-electron chi connectivity index (χ3n) is 2.93. The summed E-state index contributed by atoms with van der Waals surface area (Å²) >= 11 is 5.03. The molecule has 0 bridgehead atoms. The summed E-state index contributed by atoms with van der Waals surface area (Å²) in [5.74, 6) is 0.865. The van der Waals surface area contributed by atoms with Crippen molar-refractivity contribution in [3.63, 3.8) is 0 Å². The number of nitrogens with zero attached hydrogens (tertiary/aromatic N) is 2. The first-order valence-corrected chi connectivity index (χ1v) is 8.23. The molecule has 0 atom stereocenters. The Morgan fingerprint density at radius 2 is 2.15 bits per heavy atom. The molecule has 0 unspecified atom stereocenters. The van der Waals surface area contributed by atoms with Crippen molar-refractivity contribution >= 4 is 39.2 Å². The third kappa shape index (κ3) is 3.64. The standard InChI is InChI=1S/C14H17BrN4S/c1-9-4-5-11(15)6-12(9)17-7-10-8-18-14(20-3)19-13(10)16-2/h4-6,8,17H,7H2,1-3H3,(H,16,18,19). The Hall–Kier alpha value is -1.27. The fourth-order valence-electron chi connectivity index (χ4n) is 1.81. The molecule has 0 fully saturated rings. The Morgan fingerprint density at radius 3 is 2.85 bits per heavy atom. The van der Waals surface area contributed by atoms with Crippen LogP contribution in [0.5, 0.6) is 0 Å². The second-order valence-corrected chi connectivity index (χ2v) is 5.98. The molecule has 106 valence electrons. The van der Waals surface area contributed by atoms with Crippen molar-refractivity contribution in [2.24, 2.45) is 0 Å². The van der Waals surface area contributed by atoms with Gasteiger partial charge in [-0.1, -0.05) is 33.8 Å². The van der Waals surface area contributed by atoms with E-state index in [1.54, 1.807) is 0 Å². The van der Waals surface area contributed by atoms with E-state index >= 15 is 0 Å². The summed E-state index contributed by atoms with van der Waals surface area (Å²) in [5.41, 5.74) is 3.36. The number of rotatable bonds is 5. The predicted octanol–water partition coefficient (Wildman–Crippen LogP) is 3.92. The first-order chi connectivity index (χ1) is 9.63. The van der Waals surface area contributed by atoms with E-state index in [4.69, 9.17) is 0 Å². The van der Waals surface area contributed by atoms with Crippen LogP contribution in [-0.4, -0.2) is 23.3 Å². The Balaban J connectivity index is 2.16. The minimum absolute atomic E-state index is 0.683. The van der Waals surface area contributed by atoms with Gasteiger partial charge in [0.15, 0.2) is 5.16 Å². The van der Waals surface area contributed by atoms with Gasteiger partial charge in [0.1, 0.15) is 5.82 Å². The molecule has 0 aliphatic heterocycles. The van der Waals surface area contributed by atoms with E-state index < -0.39 is 0 Å². The van der Waals surface area contributed by atoms with E-state index in [2.05, 4.69) is 55.6 Å². The average Bonchev–Trinajstić information content (AvgIpc) is 2.48. The average molecular weight is 353 g/mol. The zero-order chi connectivity index (χ0) is 14.5. The monoisotopic (exact) mass is 352 g/mol. The highest BCUT2D eigenvalue weighted by Gasteiger charge is 2.06. The fraction of sp³-hybridized carbons (Fsp3) is 0.286. The first-order valence-electron chi connectivity index (χ1n) is 6.21. The van der Waals surface area contributed by atoms with Gasteiger partial charge in [0.05, 0.1) is 0 Å². The first kappa shape index (κ1) is 15.1. The highest BCUT2D eigenvalue weighted by atomic mass is 79.9. The number of thioether (sulfide) groups is 1. The summed E-state index contributed by atoms with van der Waals surface area (Å²) in [7, 11) is 1.88. The summed E-state index contributed by atoms with van der Waals surface area (Å²) in [6, 6.07) is 6.19. The van der Waals surface area contributed by atoms with Crippen molar-refractivity contribution in [2.75, 3.05) is 23.9 Å². The Morgan fingerprint density at radius 1 is 1.35 bits per heavy atom. The Kier molecular flexibility index (Phi) is 5.25. The van der Waals surface area contributed by atoms with Gasteiger partial charge in [0, 0.05) is 35.5 Å². The van der Waals surface area contributed by atoms with Gasteiger partial charge in [0.2, 0.25) is 0 Å². The summed E-state index contributed by atoms with van der Waals surface area (Å²) < 4.78 is 1.06. The van der Waals surface area contributed by atoms with Crippen LogP contribution in [0.25, 0.3) is 0 Å². The molecule has 0 radical (unpaired) electrons. The van der Waals surface area contributed by atoms with Gasteiger partial charge in [-0.25, -0.2) is 9.97 Å². The number of nitrogens with one attached hydrogen (secondary N) is 2. The third-order valence-corrected chi connectivity index (χ3v) is 3.99. The summed E-state index contributed by atoms with van der Waals surface area (Å²) in [5, 5.41) is 7.32. The van der Waals surface area contributed by atoms with Crippen LogP contribution in [0.2, 0.25) is 0 Å². The van der Waals surface area contributed by atoms with Crippen LogP contribution < -0.4 is 10.6 Å². The highest BCUT2D eigenvalue weighted by Crippen LogP contribution is 2.22. The molecular weight excluding hydrogens is 336 g/mol. The highest BCUT2D eigenvalue weighted by molar-refractivity contribution is 9.10. The smallest absolute Gasteiger partial charge is 0.189 e. The summed E-state index contributed by atoms with van der Waals surface area (Å²) in [4.78, 5) is 8.77. The van der Waals surface area contributed by atoms with Gasteiger partial charge in [0.25, 0.3) is 0 Å². The van der Waals surface area contributed by atoms with Crippen molar-refractivity contribution in [1.82, 2.24) is 9.97 Å². The summed E-state index contributed by atoms with van der Waals surface area (Å²) in [6.07, 6.45) is 3.84. The molecule has 0 aliphatic rings. The maximum atomic E-state index is 4.45. The van der Waals surface area contributed by atoms with E-state index in [9.17, 15) is 0 Å². The quantitative estimate of drug-likeness (QED) is 0.630. The van der Waals surface area contributed by atoms with Gasteiger partial charge in [-0.2, -0.15) is 0 Å². The molecule has 2 N–H and O–H groups in total. The maximum absolute atomic E-state index is 4.45. The zero-order valence-corrected chi connectivity index (χ0v) is 14.1. The molecule has 1 aromatic carbocycles. The number of benzene rings is 1. The molecule has 0 amide bonds. The van der Waals surface area contributed by atoms with Crippen LogP contribution in [0, 0.1) is 6.92 Å². The van der Waals surface area contributed by atoms with Crippen LogP contribution in [0.1, 0.15) is 11.1 Å². The molecule has 4 nitrogen and oxygen atoms in total. The number of anilines is 2. The number of aryl methyl sites for hydroxylation is 1. The van der Waals surface area contributed by atoms with Crippen LogP contribution in [0.15, 0.2) is 34.0 Å². The molecule has 2 rings (SSSR count). The van der Waals surface area contributed by atoms with Crippen LogP contribution >= 0.6 is 27.7 Å². The molecule has 6 heteroatoms. The Bertz CT molecular complexity index is 604. The normalized spacial score (nSPS) is 10.4. The molecule has 0 aliphatic carbocycles. The van der Waals surface area contributed by atoms with Crippen LogP contribution in [-0.2, 0) is 6.54 Å². The summed E-state index contributed by atoms with van der Waals surface area (Å²) in [6.45, 7) is 2.77. The lowest BCUT2D eigenvalue weighted by Gasteiger charge is -2.12. The molecule has 1 heterocycles. The topological polar surface area (TPSA) is 49.8 Å². The second-order valence-electron chi connectivity index (χ2n) is 4.29. The van der Waals surface area contributed by atoms with E-state index in [1.807, 2.05) is 25.6 Å². The van der Waals surface area contributed by atoms with Gasteiger partial charge >= 0.3 is 0 Å². The molecule has 20 heavy (non-hydrogen) atoms. The largest absolute Gasteiger partial charge is 0.381 e. The van der Waals surface area contributed by atoms with E-state index in [0.29, 0.717) is 6.54 Å². The van der Waals surface area contributed by atoms with E-state index in [-0.39, 0.29) is 0 Å². The van der Waals surface area contributed by atoms with E-state index in [1.165, 1.54) is 17.3 Å². The second kappa shape index (κ2) is 6.95. The molecule has 0 saturated carbocycles. The minimum atomic E-state index is 0.683. The lowest BCUT2D eigenvalue weighted by molar-refractivity contribution is 0.933. The van der Waals surface area contributed by atoms with Gasteiger partial charge in [-0.3, -0.25) is 0 Å². The van der Waals surface area contributed by atoms with Crippen molar-refractivity contribution in [2.45, 2.75) is 18.6 Å². The maximum Gasteiger partial charge on any atom is 0.189 e. The van der Waals surface area contributed by atoms with E-state index in [0.717, 1.165) is 26.7 Å². The number of halogens is 1. The Labute approximate surface area is 131 Å².